The summed E-state index contributed by atoms with van der Waals surface area (Å²) in [7, 11) is 0. The third-order valence-electron chi connectivity index (χ3n) is 3.46. The lowest BCUT2D eigenvalue weighted by Gasteiger charge is -2.35. The van der Waals surface area contributed by atoms with Crippen LogP contribution in [0.25, 0.3) is 0 Å². The van der Waals surface area contributed by atoms with Crippen molar-refractivity contribution in [3.05, 3.63) is 44.9 Å². The molecule has 0 unspecified atom stereocenters. The number of piperazine rings is 1. The Morgan fingerprint density at radius 3 is 2.58 bits per heavy atom. The molecule has 2 rings (SSSR count). The topological polar surface area (TPSA) is 15.3 Å². The van der Waals surface area contributed by atoms with Gasteiger partial charge in [0.15, 0.2) is 0 Å². The Morgan fingerprint density at radius 1 is 1.32 bits per heavy atom. The second kappa shape index (κ2) is 7.02. The molecule has 0 bridgehead atoms. The van der Waals surface area contributed by atoms with Crippen molar-refractivity contribution >= 4 is 31.9 Å². The second-order valence-corrected chi connectivity index (χ2v) is 6.85. The number of benzene rings is 1. The van der Waals surface area contributed by atoms with E-state index in [1.165, 1.54) is 11.1 Å². The van der Waals surface area contributed by atoms with Gasteiger partial charge in [0.05, 0.1) is 0 Å². The van der Waals surface area contributed by atoms with Gasteiger partial charge in [-0.25, -0.2) is 0 Å². The summed E-state index contributed by atoms with van der Waals surface area (Å²) < 4.78 is 2.22. The summed E-state index contributed by atoms with van der Waals surface area (Å²) in [4.78, 5) is 2.56. The van der Waals surface area contributed by atoms with E-state index >= 15 is 0 Å². The van der Waals surface area contributed by atoms with Gasteiger partial charge >= 0.3 is 0 Å². The minimum absolute atomic E-state index is 0.434. The molecule has 0 saturated carbocycles. The molecule has 1 aromatic carbocycles. The van der Waals surface area contributed by atoms with Crippen molar-refractivity contribution in [1.29, 1.82) is 0 Å². The van der Waals surface area contributed by atoms with E-state index in [9.17, 15) is 0 Å². The van der Waals surface area contributed by atoms with Crippen LogP contribution in [0, 0.1) is 0 Å². The number of halogens is 2. The zero-order chi connectivity index (χ0) is 13.8. The van der Waals surface area contributed by atoms with Crippen LogP contribution in [0.1, 0.15) is 24.9 Å². The van der Waals surface area contributed by atoms with Crippen LogP contribution in [0.4, 0.5) is 0 Å². The molecule has 4 heteroatoms. The number of hydrogen-bond donors (Lipinski definition) is 1. The third-order valence-corrected chi connectivity index (χ3v) is 5.34. The lowest BCUT2D eigenvalue weighted by molar-refractivity contribution is 0.172. The first-order valence-electron chi connectivity index (χ1n) is 6.62. The maximum atomic E-state index is 4.09. The number of nitrogens with zero attached hydrogens (tertiary/aromatic N) is 1. The normalized spacial score (nSPS) is 18.3. The van der Waals surface area contributed by atoms with Gasteiger partial charge in [0.2, 0.25) is 0 Å². The zero-order valence-electron chi connectivity index (χ0n) is 11.3. The van der Waals surface area contributed by atoms with E-state index in [4.69, 9.17) is 0 Å². The predicted octanol–water partition coefficient (Wildman–Crippen LogP) is 4.12. The van der Waals surface area contributed by atoms with Crippen molar-refractivity contribution in [3.63, 3.8) is 0 Å². The van der Waals surface area contributed by atoms with E-state index < -0.39 is 0 Å². The molecule has 0 amide bonds. The average molecular weight is 388 g/mol. The van der Waals surface area contributed by atoms with Crippen LogP contribution < -0.4 is 5.32 Å². The summed E-state index contributed by atoms with van der Waals surface area (Å²) in [6.07, 6.45) is 1.02. The Balaban J connectivity index is 2.24. The van der Waals surface area contributed by atoms with E-state index in [-0.39, 0.29) is 0 Å². The highest BCUT2D eigenvalue weighted by Crippen LogP contribution is 2.32. The molecule has 1 saturated heterocycles. The highest BCUT2D eigenvalue weighted by molar-refractivity contribution is 9.13. The third kappa shape index (κ3) is 4.15. The molecular formula is C15H20Br2N2. The van der Waals surface area contributed by atoms with Crippen LogP contribution in [-0.4, -0.2) is 31.1 Å². The van der Waals surface area contributed by atoms with Gasteiger partial charge in [-0.3, -0.25) is 4.90 Å². The summed E-state index contributed by atoms with van der Waals surface area (Å²) in [5.41, 5.74) is 2.60. The largest absolute Gasteiger partial charge is 0.314 e. The summed E-state index contributed by atoms with van der Waals surface area (Å²) in [5, 5.41) is 3.41. The second-order valence-electron chi connectivity index (χ2n) is 5.14. The van der Waals surface area contributed by atoms with Gasteiger partial charge in [-0.05, 0) is 62.9 Å². The zero-order valence-corrected chi connectivity index (χ0v) is 14.4. The SMILES string of the molecule is C=C(C)C[C@@H](c1ccc(Br)c(Br)c1)N1CCNCC1. The fourth-order valence-electron chi connectivity index (χ4n) is 2.50. The van der Waals surface area contributed by atoms with Crippen molar-refractivity contribution in [2.24, 2.45) is 0 Å². The van der Waals surface area contributed by atoms with Gasteiger partial charge in [0, 0.05) is 41.2 Å². The van der Waals surface area contributed by atoms with E-state index in [0.717, 1.165) is 41.5 Å². The molecule has 104 valence electrons. The summed E-state index contributed by atoms with van der Waals surface area (Å²) in [6, 6.07) is 6.99. The molecular weight excluding hydrogens is 368 g/mol. The Bertz CT molecular complexity index is 453. The summed E-state index contributed by atoms with van der Waals surface area (Å²) in [6.45, 7) is 10.6. The highest BCUT2D eigenvalue weighted by atomic mass is 79.9. The number of hydrogen-bond acceptors (Lipinski definition) is 2. The van der Waals surface area contributed by atoms with Gasteiger partial charge in [-0.1, -0.05) is 11.6 Å². The van der Waals surface area contributed by atoms with Crippen molar-refractivity contribution < 1.29 is 0 Å². The maximum Gasteiger partial charge on any atom is 0.0386 e. The monoisotopic (exact) mass is 386 g/mol. The first kappa shape index (κ1) is 15.2. The molecule has 1 aliphatic heterocycles. The molecule has 0 aliphatic carbocycles. The molecule has 1 aliphatic rings. The van der Waals surface area contributed by atoms with E-state index in [1.54, 1.807) is 0 Å². The Kier molecular flexibility index (Phi) is 5.63. The minimum Gasteiger partial charge on any atom is -0.314 e. The van der Waals surface area contributed by atoms with Gasteiger partial charge in [0.25, 0.3) is 0 Å². The van der Waals surface area contributed by atoms with Crippen LogP contribution in [0.5, 0.6) is 0 Å². The smallest absolute Gasteiger partial charge is 0.0386 e. The van der Waals surface area contributed by atoms with Gasteiger partial charge in [0.1, 0.15) is 0 Å². The Labute approximate surface area is 132 Å². The first-order valence-corrected chi connectivity index (χ1v) is 8.20. The van der Waals surface area contributed by atoms with E-state index in [2.05, 4.69) is 73.8 Å². The molecule has 19 heavy (non-hydrogen) atoms. The number of nitrogens with one attached hydrogen (secondary N) is 1. The van der Waals surface area contributed by atoms with Gasteiger partial charge in [-0.15, -0.1) is 6.58 Å². The summed E-state index contributed by atoms with van der Waals surface area (Å²) >= 11 is 7.14. The number of rotatable bonds is 4. The van der Waals surface area contributed by atoms with Crippen molar-refractivity contribution in [3.8, 4) is 0 Å². The summed E-state index contributed by atoms with van der Waals surface area (Å²) in [5.74, 6) is 0. The molecule has 1 atom stereocenters. The lowest BCUT2D eigenvalue weighted by atomic mass is 9.98. The molecule has 1 N–H and O–H groups in total. The average Bonchev–Trinajstić information content (AvgIpc) is 2.40. The van der Waals surface area contributed by atoms with E-state index in [1.807, 2.05) is 0 Å². The standard InChI is InChI=1S/C15H20Br2N2/c1-11(2)9-15(19-7-5-18-6-8-19)12-3-4-13(16)14(17)10-12/h3-4,10,15,18H,1,5-9H2,2H3/t15-/m0/s1. The Hall–Kier alpha value is -0.160. The van der Waals surface area contributed by atoms with Crippen LogP contribution >= 0.6 is 31.9 Å². The molecule has 2 nitrogen and oxygen atoms in total. The van der Waals surface area contributed by atoms with Gasteiger partial charge < -0.3 is 5.32 Å². The van der Waals surface area contributed by atoms with Crippen LogP contribution in [0.3, 0.4) is 0 Å². The maximum absolute atomic E-state index is 4.09. The molecule has 1 heterocycles. The predicted molar refractivity (Wildman–Crippen MR) is 88.5 cm³/mol. The lowest BCUT2D eigenvalue weighted by Crippen LogP contribution is -2.45. The van der Waals surface area contributed by atoms with Crippen LogP contribution in [0.15, 0.2) is 39.3 Å². The molecule has 0 spiro atoms. The first-order chi connectivity index (χ1) is 9.08. The quantitative estimate of drug-likeness (QED) is 0.781. The van der Waals surface area contributed by atoms with E-state index in [0.29, 0.717) is 6.04 Å². The molecule has 0 radical (unpaired) electrons. The molecule has 1 aromatic rings. The minimum atomic E-state index is 0.434. The van der Waals surface area contributed by atoms with Crippen molar-refractivity contribution in [2.45, 2.75) is 19.4 Å². The molecule has 1 fully saturated rings. The highest BCUT2D eigenvalue weighted by Gasteiger charge is 2.22. The fraction of sp³-hybridized carbons (Fsp3) is 0.467. The Morgan fingerprint density at radius 2 is 2.00 bits per heavy atom. The van der Waals surface area contributed by atoms with Crippen molar-refractivity contribution in [1.82, 2.24) is 10.2 Å². The molecule has 0 aromatic heterocycles. The van der Waals surface area contributed by atoms with Crippen LogP contribution in [-0.2, 0) is 0 Å². The van der Waals surface area contributed by atoms with Gasteiger partial charge in [-0.2, -0.15) is 0 Å². The van der Waals surface area contributed by atoms with Crippen molar-refractivity contribution in [2.75, 3.05) is 26.2 Å². The fourth-order valence-corrected chi connectivity index (χ4v) is 3.14. The van der Waals surface area contributed by atoms with Crippen LogP contribution in [0.2, 0.25) is 0 Å².